The molecule has 0 spiro atoms. The van der Waals surface area contributed by atoms with E-state index < -0.39 is 0 Å². The summed E-state index contributed by atoms with van der Waals surface area (Å²) in [7, 11) is 0. The van der Waals surface area contributed by atoms with Crippen LogP contribution in [0.15, 0.2) is 24.3 Å². The summed E-state index contributed by atoms with van der Waals surface area (Å²) in [4.78, 5) is 18.4. The molecule has 2 aromatic rings. The van der Waals surface area contributed by atoms with Crippen molar-refractivity contribution < 1.29 is 14.6 Å². The Kier molecular flexibility index (Phi) is 4.79. The Hall–Kier alpha value is -1.70. The molecule has 0 aliphatic carbocycles. The lowest BCUT2D eigenvalue weighted by atomic mass is 10.1. The van der Waals surface area contributed by atoms with E-state index in [1.54, 1.807) is 18.2 Å². The van der Waals surface area contributed by atoms with Crippen LogP contribution in [0.1, 0.15) is 22.2 Å². The second kappa shape index (κ2) is 6.82. The van der Waals surface area contributed by atoms with Crippen molar-refractivity contribution in [2.24, 2.45) is 0 Å². The molecule has 1 aromatic heterocycles. The monoisotopic (exact) mass is 350 g/mol. The Morgan fingerprint density at radius 2 is 2.39 bits per heavy atom. The average molecular weight is 350 g/mol. The van der Waals surface area contributed by atoms with Gasteiger partial charge in [-0.3, -0.25) is 4.79 Å². The summed E-state index contributed by atoms with van der Waals surface area (Å²) in [6, 6.07) is 6.99. The summed E-state index contributed by atoms with van der Waals surface area (Å²) in [6.07, 6.45) is 0.154. The second-order valence-corrected chi connectivity index (χ2v) is 7.31. The van der Waals surface area contributed by atoms with Gasteiger partial charge in [0.2, 0.25) is 5.91 Å². The fourth-order valence-electron chi connectivity index (χ4n) is 2.66. The zero-order valence-electron chi connectivity index (χ0n) is 12.7. The van der Waals surface area contributed by atoms with Crippen molar-refractivity contribution in [2.75, 3.05) is 19.7 Å². The standard InChI is InChI=1S/C16H18N2O3S2/c1-10-14(23-16(22)17-10)8-15(20)18-5-6-21-13(9-18)11-3-2-4-12(19)7-11/h2-4,7,13,19H,5-6,8-9H2,1H3,(H,17,22)/t13-/m1/s1. The summed E-state index contributed by atoms with van der Waals surface area (Å²) < 4.78 is 6.45. The predicted octanol–water partition coefficient (Wildman–Crippen LogP) is 2.96. The SMILES string of the molecule is Cc1[nH]c(=S)sc1CC(=O)N1CCO[C@@H](c2cccc(O)c2)C1. The number of amides is 1. The first-order valence-corrected chi connectivity index (χ1v) is 8.62. The van der Waals surface area contributed by atoms with E-state index in [0.29, 0.717) is 30.1 Å². The normalized spacial score (nSPS) is 18.1. The number of nitrogens with zero attached hydrogens (tertiary/aromatic N) is 1. The summed E-state index contributed by atoms with van der Waals surface area (Å²) in [5.74, 6) is 0.282. The molecule has 5 nitrogen and oxygen atoms in total. The van der Waals surface area contributed by atoms with Crippen molar-refractivity contribution in [1.29, 1.82) is 0 Å². The van der Waals surface area contributed by atoms with Gasteiger partial charge in [-0.25, -0.2) is 0 Å². The molecule has 0 bridgehead atoms. The third-order valence-electron chi connectivity index (χ3n) is 3.90. The number of rotatable bonds is 3. The molecule has 2 heterocycles. The Labute approximate surface area is 143 Å². The van der Waals surface area contributed by atoms with Gasteiger partial charge in [-0.15, -0.1) is 11.3 Å². The predicted molar refractivity (Wildman–Crippen MR) is 91.3 cm³/mol. The maximum atomic E-state index is 12.6. The highest BCUT2D eigenvalue weighted by Crippen LogP contribution is 2.25. The van der Waals surface area contributed by atoms with Crippen LogP contribution in [-0.2, 0) is 16.0 Å². The molecule has 2 N–H and O–H groups in total. The number of ether oxygens (including phenoxy) is 1. The summed E-state index contributed by atoms with van der Waals surface area (Å²) in [5.41, 5.74) is 1.85. The number of thiazole rings is 1. The van der Waals surface area contributed by atoms with Gasteiger partial charge in [0.05, 0.1) is 19.6 Å². The number of aromatic nitrogens is 1. The number of carbonyl (C=O) groups excluding carboxylic acids is 1. The molecule has 1 fully saturated rings. The lowest BCUT2D eigenvalue weighted by Crippen LogP contribution is -2.42. The molecule has 1 atom stereocenters. The van der Waals surface area contributed by atoms with Crippen LogP contribution in [-0.4, -0.2) is 40.6 Å². The number of phenols is 1. The van der Waals surface area contributed by atoms with Crippen LogP contribution in [0.25, 0.3) is 0 Å². The molecule has 1 aliphatic rings. The number of hydrogen-bond acceptors (Lipinski definition) is 5. The number of benzene rings is 1. The highest BCUT2D eigenvalue weighted by atomic mass is 32.1. The van der Waals surface area contributed by atoms with Gasteiger partial charge < -0.3 is 19.7 Å². The summed E-state index contributed by atoms with van der Waals surface area (Å²) in [5, 5.41) is 9.60. The van der Waals surface area contributed by atoms with Crippen molar-refractivity contribution in [3.63, 3.8) is 0 Å². The van der Waals surface area contributed by atoms with E-state index in [1.807, 2.05) is 17.9 Å². The van der Waals surface area contributed by atoms with Gasteiger partial charge in [-0.2, -0.15) is 0 Å². The smallest absolute Gasteiger partial charge is 0.228 e. The number of aromatic hydroxyl groups is 1. The van der Waals surface area contributed by atoms with Gasteiger partial charge in [0, 0.05) is 17.1 Å². The third-order valence-corrected chi connectivity index (χ3v) is 5.23. The van der Waals surface area contributed by atoms with E-state index in [9.17, 15) is 9.90 Å². The molecule has 122 valence electrons. The lowest BCUT2D eigenvalue weighted by Gasteiger charge is -2.33. The fraction of sp³-hybridized carbons (Fsp3) is 0.375. The Morgan fingerprint density at radius 1 is 1.57 bits per heavy atom. The van der Waals surface area contributed by atoms with Crippen molar-refractivity contribution in [3.8, 4) is 5.75 Å². The van der Waals surface area contributed by atoms with E-state index >= 15 is 0 Å². The number of H-pyrrole nitrogens is 1. The number of aromatic amines is 1. The first kappa shape index (κ1) is 16.2. The van der Waals surface area contributed by atoms with Crippen LogP contribution in [0, 0.1) is 10.9 Å². The van der Waals surface area contributed by atoms with Crippen LogP contribution < -0.4 is 0 Å². The largest absolute Gasteiger partial charge is 0.508 e. The Morgan fingerprint density at radius 3 is 3.09 bits per heavy atom. The Bertz CT molecular complexity index is 769. The number of carbonyl (C=O) groups is 1. The molecule has 1 aliphatic heterocycles. The molecule has 23 heavy (non-hydrogen) atoms. The van der Waals surface area contributed by atoms with Crippen LogP contribution in [0.4, 0.5) is 0 Å². The molecule has 1 amide bonds. The van der Waals surface area contributed by atoms with E-state index in [2.05, 4.69) is 4.98 Å². The highest BCUT2D eigenvalue weighted by molar-refractivity contribution is 7.73. The molecule has 0 radical (unpaired) electrons. The van der Waals surface area contributed by atoms with Gasteiger partial charge in [-0.05, 0) is 36.8 Å². The zero-order chi connectivity index (χ0) is 16.4. The van der Waals surface area contributed by atoms with E-state index in [0.717, 1.165) is 16.1 Å². The summed E-state index contributed by atoms with van der Waals surface area (Å²) in [6.45, 7) is 3.51. The van der Waals surface area contributed by atoms with Crippen molar-refractivity contribution in [1.82, 2.24) is 9.88 Å². The first-order chi connectivity index (χ1) is 11.0. The van der Waals surface area contributed by atoms with E-state index in [4.69, 9.17) is 17.0 Å². The van der Waals surface area contributed by atoms with Crippen LogP contribution >= 0.6 is 23.6 Å². The average Bonchev–Trinajstić information content (AvgIpc) is 2.85. The molecule has 1 aromatic carbocycles. The molecule has 0 saturated carbocycles. The van der Waals surface area contributed by atoms with Crippen molar-refractivity contribution >= 4 is 29.5 Å². The van der Waals surface area contributed by atoms with Gasteiger partial charge in [-0.1, -0.05) is 12.1 Å². The minimum absolute atomic E-state index is 0.0757. The molecule has 1 saturated heterocycles. The number of nitrogens with one attached hydrogen (secondary N) is 1. The molecular formula is C16H18N2O3S2. The van der Waals surface area contributed by atoms with Gasteiger partial charge in [0.1, 0.15) is 11.9 Å². The van der Waals surface area contributed by atoms with Gasteiger partial charge >= 0.3 is 0 Å². The second-order valence-electron chi connectivity index (χ2n) is 5.53. The quantitative estimate of drug-likeness (QED) is 0.836. The highest BCUT2D eigenvalue weighted by Gasteiger charge is 2.26. The number of aryl methyl sites for hydroxylation is 1. The van der Waals surface area contributed by atoms with Crippen LogP contribution in [0.2, 0.25) is 0 Å². The number of phenolic OH excluding ortho intramolecular Hbond substituents is 1. The fourth-order valence-corrected chi connectivity index (χ4v) is 3.94. The van der Waals surface area contributed by atoms with E-state index in [-0.39, 0.29) is 17.8 Å². The Balaban J connectivity index is 1.69. The van der Waals surface area contributed by atoms with E-state index in [1.165, 1.54) is 11.3 Å². The number of hydrogen-bond donors (Lipinski definition) is 2. The van der Waals surface area contributed by atoms with Gasteiger partial charge in [0.15, 0.2) is 3.95 Å². The molecule has 0 unspecified atom stereocenters. The van der Waals surface area contributed by atoms with Crippen LogP contribution in [0.5, 0.6) is 5.75 Å². The van der Waals surface area contributed by atoms with Crippen LogP contribution in [0.3, 0.4) is 0 Å². The summed E-state index contributed by atoms with van der Waals surface area (Å²) >= 11 is 6.57. The van der Waals surface area contributed by atoms with Gasteiger partial charge in [0.25, 0.3) is 0 Å². The van der Waals surface area contributed by atoms with Crippen molar-refractivity contribution in [2.45, 2.75) is 19.4 Å². The molecule has 3 rings (SSSR count). The molecular weight excluding hydrogens is 332 g/mol. The minimum Gasteiger partial charge on any atom is -0.508 e. The number of morpholine rings is 1. The maximum absolute atomic E-state index is 12.6. The maximum Gasteiger partial charge on any atom is 0.228 e. The zero-order valence-corrected chi connectivity index (χ0v) is 14.4. The molecule has 7 heteroatoms. The topological polar surface area (TPSA) is 65.6 Å². The first-order valence-electron chi connectivity index (χ1n) is 7.40. The third kappa shape index (κ3) is 3.80. The lowest BCUT2D eigenvalue weighted by molar-refractivity contribution is -0.138. The van der Waals surface area contributed by atoms with Crippen molar-refractivity contribution in [3.05, 3.63) is 44.4 Å². The minimum atomic E-state index is -0.203.